The molecule has 23 heavy (non-hydrogen) atoms. The zero-order valence-electron chi connectivity index (χ0n) is 13.0. The molecule has 3 rings (SSSR count). The maximum Gasteiger partial charge on any atom is 0.225 e. The fourth-order valence-electron chi connectivity index (χ4n) is 2.63. The Labute approximate surface area is 136 Å². The Hall–Kier alpha value is -2.33. The molecular formula is C19H21NO3. The van der Waals surface area contributed by atoms with Crippen LogP contribution in [-0.4, -0.2) is 25.7 Å². The first-order valence-electron chi connectivity index (χ1n) is 7.99. The van der Waals surface area contributed by atoms with Crippen molar-refractivity contribution in [1.82, 2.24) is 5.32 Å². The molecular weight excluding hydrogens is 290 g/mol. The summed E-state index contributed by atoms with van der Waals surface area (Å²) in [7, 11) is 0. The highest BCUT2D eigenvalue weighted by molar-refractivity contribution is 5.79. The minimum absolute atomic E-state index is 0.00538. The van der Waals surface area contributed by atoms with Crippen molar-refractivity contribution in [2.75, 3.05) is 19.8 Å². The van der Waals surface area contributed by atoms with E-state index in [2.05, 4.69) is 5.32 Å². The predicted octanol–water partition coefficient (Wildman–Crippen LogP) is 3.17. The number of hydrogen-bond acceptors (Lipinski definition) is 3. The number of nitrogens with one attached hydrogen (secondary N) is 1. The van der Waals surface area contributed by atoms with E-state index in [4.69, 9.17) is 9.47 Å². The van der Waals surface area contributed by atoms with Gasteiger partial charge in [-0.1, -0.05) is 36.4 Å². The number of hydrogen-bond donors (Lipinski definition) is 1. The minimum Gasteiger partial charge on any atom is -0.457 e. The molecule has 4 heteroatoms. The average Bonchev–Trinajstić information content (AvgIpc) is 3.12. The zero-order valence-corrected chi connectivity index (χ0v) is 13.0. The van der Waals surface area contributed by atoms with Crippen molar-refractivity contribution < 1.29 is 14.3 Å². The third kappa shape index (κ3) is 4.33. The van der Waals surface area contributed by atoms with Crippen LogP contribution in [0.1, 0.15) is 12.0 Å². The van der Waals surface area contributed by atoms with Crippen LogP contribution in [-0.2, 0) is 16.0 Å². The lowest BCUT2D eigenvalue weighted by atomic mass is 10.1. The number of benzene rings is 2. The molecule has 0 radical (unpaired) electrons. The van der Waals surface area contributed by atoms with E-state index in [9.17, 15) is 4.79 Å². The van der Waals surface area contributed by atoms with E-state index in [0.717, 1.165) is 29.9 Å². The molecule has 1 aliphatic heterocycles. The summed E-state index contributed by atoms with van der Waals surface area (Å²) in [5, 5.41) is 2.99. The summed E-state index contributed by atoms with van der Waals surface area (Å²) in [5.41, 5.74) is 1.08. The van der Waals surface area contributed by atoms with Crippen LogP contribution < -0.4 is 10.1 Å². The molecule has 0 aliphatic carbocycles. The van der Waals surface area contributed by atoms with Crippen LogP contribution in [0, 0.1) is 5.92 Å². The molecule has 2 aromatic carbocycles. The lowest BCUT2D eigenvalue weighted by Gasteiger charge is -2.12. The van der Waals surface area contributed by atoms with Gasteiger partial charge in [-0.05, 0) is 36.6 Å². The lowest BCUT2D eigenvalue weighted by Crippen LogP contribution is -2.32. The summed E-state index contributed by atoms with van der Waals surface area (Å²) < 4.78 is 11.2. The molecule has 0 spiro atoms. The average molecular weight is 311 g/mol. The van der Waals surface area contributed by atoms with Crippen molar-refractivity contribution >= 4 is 5.91 Å². The first-order valence-corrected chi connectivity index (χ1v) is 7.99. The quantitative estimate of drug-likeness (QED) is 0.891. The first-order chi connectivity index (χ1) is 11.3. The Balaban J connectivity index is 1.56. The van der Waals surface area contributed by atoms with Gasteiger partial charge in [-0.25, -0.2) is 0 Å². The maximum absolute atomic E-state index is 12.0. The topological polar surface area (TPSA) is 47.6 Å². The number of amides is 1. The fraction of sp³-hybridized carbons (Fsp3) is 0.316. The molecule has 1 fully saturated rings. The Bertz CT molecular complexity index is 636. The number of rotatable bonds is 6. The molecule has 1 saturated heterocycles. The van der Waals surface area contributed by atoms with Gasteiger partial charge in [0.25, 0.3) is 0 Å². The van der Waals surface area contributed by atoms with Gasteiger partial charge in [0, 0.05) is 13.2 Å². The van der Waals surface area contributed by atoms with Crippen molar-refractivity contribution in [2.45, 2.75) is 12.8 Å². The SMILES string of the molecule is O=C(NCCc1ccccc1Oc1ccccc1)C1CCOC1. The van der Waals surface area contributed by atoms with Gasteiger partial charge in [-0.2, -0.15) is 0 Å². The zero-order chi connectivity index (χ0) is 15.9. The first kappa shape index (κ1) is 15.6. The fourth-order valence-corrected chi connectivity index (χ4v) is 2.63. The Morgan fingerprint density at radius 1 is 1.13 bits per heavy atom. The second-order valence-corrected chi connectivity index (χ2v) is 5.62. The van der Waals surface area contributed by atoms with Crippen molar-refractivity contribution in [3.8, 4) is 11.5 Å². The van der Waals surface area contributed by atoms with Crippen LogP contribution in [0.3, 0.4) is 0 Å². The summed E-state index contributed by atoms with van der Waals surface area (Å²) in [6.07, 6.45) is 1.56. The molecule has 1 N–H and O–H groups in total. The highest BCUT2D eigenvalue weighted by Crippen LogP contribution is 2.25. The monoisotopic (exact) mass is 311 g/mol. The van der Waals surface area contributed by atoms with Gasteiger partial charge in [0.15, 0.2) is 0 Å². The van der Waals surface area contributed by atoms with Crippen molar-refractivity contribution in [3.63, 3.8) is 0 Å². The molecule has 0 bridgehead atoms. The second kappa shape index (κ2) is 7.79. The van der Waals surface area contributed by atoms with Gasteiger partial charge in [0.2, 0.25) is 5.91 Å². The third-order valence-corrected chi connectivity index (χ3v) is 3.94. The molecule has 2 aromatic rings. The van der Waals surface area contributed by atoms with Crippen LogP contribution in [0.4, 0.5) is 0 Å². The molecule has 4 nitrogen and oxygen atoms in total. The van der Waals surface area contributed by atoms with Crippen LogP contribution in [0.5, 0.6) is 11.5 Å². The molecule has 1 unspecified atom stereocenters. The minimum atomic E-state index is 0.00538. The van der Waals surface area contributed by atoms with Crippen molar-refractivity contribution in [3.05, 3.63) is 60.2 Å². The summed E-state index contributed by atoms with van der Waals surface area (Å²) in [5.74, 6) is 1.74. The smallest absolute Gasteiger partial charge is 0.225 e. The van der Waals surface area contributed by atoms with E-state index in [-0.39, 0.29) is 11.8 Å². The third-order valence-electron chi connectivity index (χ3n) is 3.94. The van der Waals surface area contributed by atoms with Crippen LogP contribution in [0.15, 0.2) is 54.6 Å². The highest BCUT2D eigenvalue weighted by atomic mass is 16.5. The van der Waals surface area contributed by atoms with Crippen LogP contribution in [0.2, 0.25) is 0 Å². The van der Waals surface area contributed by atoms with Gasteiger partial charge in [-0.3, -0.25) is 4.79 Å². The molecule has 0 aromatic heterocycles. The standard InChI is InChI=1S/C19H21NO3/c21-19(16-11-13-22-14-16)20-12-10-15-6-4-5-9-18(15)23-17-7-2-1-3-8-17/h1-9,16H,10-14H2,(H,20,21). The normalized spacial score (nSPS) is 17.0. The summed E-state index contributed by atoms with van der Waals surface area (Å²) in [4.78, 5) is 12.0. The van der Waals surface area contributed by atoms with Gasteiger partial charge < -0.3 is 14.8 Å². The summed E-state index contributed by atoms with van der Waals surface area (Å²) in [6.45, 7) is 1.83. The Morgan fingerprint density at radius 3 is 2.70 bits per heavy atom. The lowest BCUT2D eigenvalue weighted by molar-refractivity contribution is -0.124. The summed E-state index contributed by atoms with van der Waals surface area (Å²) in [6, 6.07) is 17.6. The summed E-state index contributed by atoms with van der Waals surface area (Å²) >= 11 is 0. The van der Waals surface area contributed by atoms with E-state index < -0.39 is 0 Å². The van der Waals surface area contributed by atoms with Gasteiger partial charge in [0.05, 0.1) is 12.5 Å². The number of carbonyl (C=O) groups excluding carboxylic acids is 1. The van der Waals surface area contributed by atoms with Crippen LogP contribution >= 0.6 is 0 Å². The number of carbonyl (C=O) groups is 1. The van der Waals surface area contributed by atoms with E-state index in [0.29, 0.717) is 19.8 Å². The number of para-hydroxylation sites is 2. The highest BCUT2D eigenvalue weighted by Gasteiger charge is 2.22. The predicted molar refractivity (Wildman–Crippen MR) is 88.6 cm³/mol. The van der Waals surface area contributed by atoms with Gasteiger partial charge in [-0.15, -0.1) is 0 Å². The van der Waals surface area contributed by atoms with Gasteiger partial charge in [0.1, 0.15) is 11.5 Å². The molecule has 1 amide bonds. The van der Waals surface area contributed by atoms with Crippen LogP contribution in [0.25, 0.3) is 0 Å². The molecule has 120 valence electrons. The second-order valence-electron chi connectivity index (χ2n) is 5.62. The van der Waals surface area contributed by atoms with E-state index in [1.165, 1.54) is 0 Å². The van der Waals surface area contributed by atoms with E-state index in [1.807, 2.05) is 54.6 Å². The Kier molecular flexibility index (Phi) is 5.27. The Morgan fingerprint density at radius 2 is 1.91 bits per heavy atom. The van der Waals surface area contributed by atoms with Gasteiger partial charge >= 0.3 is 0 Å². The molecule has 1 atom stereocenters. The molecule has 1 aliphatic rings. The van der Waals surface area contributed by atoms with E-state index >= 15 is 0 Å². The number of ether oxygens (including phenoxy) is 2. The maximum atomic E-state index is 12.0. The largest absolute Gasteiger partial charge is 0.457 e. The van der Waals surface area contributed by atoms with E-state index in [1.54, 1.807) is 0 Å². The van der Waals surface area contributed by atoms with Crippen molar-refractivity contribution in [1.29, 1.82) is 0 Å². The molecule has 0 saturated carbocycles. The molecule has 1 heterocycles. The van der Waals surface area contributed by atoms with Crippen molar-refractivity contribution in [2.24, 2.45) is 5.92 Å².